The van der Waals surface area contributed by atoms with Crippen molar-refractivity contribution in [3.63, 3.8) is 0 Å². The van der Waals surface area contributed by atoms with Gasteiger partial charge in [0.05, 0.1) is 18.8 Å². The van der Waals surface area contributed by atoms with Crippen LogP contribution in [-0.2, 0) is 63.6 Å². The summed E-state index contributed by atoms with van der Waals surface area (Å²) < 4.78 is 65.6. The minimum absolute atomic E-state index is 0.00463. The standard InChI is InChI=1S/7C3H7NO.3C2H7NO2S/c7*1-3(5)4-2;3*1-3-6(2,4)5/h7*1-2H3,(H,4,5);3*3H,1-2H3. The van der Waals surface area contributed by atoms with Crippen LogP contribution in [-0.4, -0.2) is 156 Å². The van der Waals surface area contributed by atoms with Crippen molar-refractivity contribution in [1.82, 2.24) is 51.4 Å². The Labute approximate surface area is 318 Å². The molecule has 0 saturated carbocycles. The van der Waals surface area contributed by atoms with Gasteiger partial charge in [-0.05, 0) is 21.1 Å². The molecular formula is C27H70N10O13S3. The monoisotopic (exact) mass is 838 g/mol. The van der Waals surface area contributed by atoms with Crippen LogP contribution in [0.1, 0.15) is 48.5 Å². The van der Waals surface area contributed by atoms with E-state index in [0.717, 1.165) is 18.8 Å². The third kappa shape index (κ3) is 281. The largest absolute Gasteiger partial charge is 0.359 e. The molecule has 0 aliphatic carbocycles. The molecule has 0 bridgehead atoms. The Kier molecular flexibility index (Phi) is 73.4. The zero-order chi connectivity index (χ0) is 45.6. The molecule has 324 valence electrons. The van der Waals surface area contributed by atoms with Crippen molar-refractivity contribution in [2.75, 3.05) is 89.2 Å². The van der Waals surface area contributed by atoms with Crippen LogP contribution in [0.5, 0.6) is 0 Å². The molecule has 26 heteroatoms. The minimum atomic E-state index is -2.91. The zero-order valence-electron chi connectivity index (χ0n) is 35.0. The van der Waals surface area contributed by atoms with Crippen LogP contribution in [0.15, 0.2) is 0 Å². The fraction of sp³-hybridized carbons (Fsp3) is 0.741. The van der Waals surface area contributed by atoms with E-state index < -0.39 is 30.1 Å². The molecule has 23 nitrogen and oxygen atoms in total. The maximum absolute atomic E-state index is 9.89. The fourth-order valence-corrected chi connectivity index (χ4v) is 0. The predicted octanol–water partition coefficient (Wildman–Crippen LogP) is -4.24. The summed E-state index contributed by atoms with van der Waals surface area (Å²) in [6.07, 6.45) is 3.31. The van der Waals surface area contributed by atoms with E-state index in [1.807, 2.05) is 0 Å². The third-order valence-corrected chi connectivity index (χ3v) is 5.80. The molecule has 0 spiro atoms. The van der Waals surface area contributed by atoms with E-state index in [4.69, 9.17) is 0 Å². The third-order valence-electron chi connectivity index (χ3n) is 3.58. The summed E-state index contributed by atoms with van der Waals surface area (Å²) in [7, 11) is 6.57. The molecule has 0 fully saturated rings. The van der Waals surface area contributed by atoms with Crippen LogP contribution in [0.4, 0.5) is 0 Å². The number of hydrogen-bond acceptors (Lipinski definition) is 13. The Morgan fingerprint density at radius 2 is 0.302 bits per heavy atom. The summed E-state index contributed by atoms with van der Waals surface area (Å²) in [5, 5.41) is 16.7. The zero-order valence-corrected chi connectivity index (χ0v) is 37.5. The maximum Gasteiger partial charge on any atom is 0.216 e. The first-order chi connectivity index (χ1) is 23.6. The molecule has 53 heavy (non-hydrogen) atoms. The molecule has 0 heterocycles. The summed E-state index contributed by atoms with van der Waals surface area (Å²) in [6.45, 7) is 10.3. The first kappa shape index (κ1) is 74.2. The van der Waals surface area contributed by atoms with Crippen LogP contribution in [0.3, 0.4) is 0 Å². The normalized spacial score (nSPS) is 8.45. The van der Waals surface area contributed by atoms with Crippen molar-refractivity contribution in [2.45, 2.75) is 48.5 Å². The predicted molar refractivity (Wildman–Crippen MR) is 210 cm³/mol. The number of rotatable bonds is 3. The average molecular weight is 839 g/mol. The number of hydrogen-bond donors (Lipinski definition) is 10. The van der Waals surface area contributed by atoms with Gasteiger partial charge in [-0.1, -0.05) is 0 Å². The Morgan fingerprint density at radius 3 is 0.302 bits per heavy atom. The van der Waals surface area contributed by atoms with Gasteiger partial charge in [-0.15, -0.1) is 0 Å². The highest BCUT2D eigenvalue weighted by atomic mass is 32.2. The highest BCUT2D eigenvalue weighted by Crippen LogP contribution is 1.63. The number of carbonyl (C=O) groups is 7. The maximum atomic E-state index is 9.89. The van der Waals surface area contributed by atoms with Gasteiger partial charge in [0.25, 0.3) is 0 Å². The van der Waals surface area contributed by atoms with E-state index in [-0.39, 0.29) is 41.4 Å². The second-order valence-electron chi connectivity index (χ2n) is 8.57. The first-order valence-corrected chi connectivity index (χ1v) is 20.2. The SMILES string of the molecule is CNC(C)=O.CNC(C)=O.CNC(C)=O.CNC(C)=O.CNC(C)=O.CNC(C)=O.CNC(C)=O.CNS(C)(=O)=O.CNS(C)(=O)=O.CNS(C)(=O)=O. The number of carbonyl (C=O) groups excluding carboxylic acids is 7. The average Bonchev–Trinajstić information content (AvgIpc) is 3.05. The number of nitrogens with one attached hydrogen (secondary N) is 10. The lowest BCUT2D eigenvalue weighted by atomic mass is 10.7. The molecule has 10 N–H and O–H groups in total. The lowest BCUT2D eigenvalue weighted by Gasteiger charge is -1.85. The van der Waals surface area contributed by atoms with E-state index in [0.29, 0.717) is 0 Å². The molecule has 0 radical (unpaired) electrons. The topological polar surface area (TPSA) is 342 Å². The van der Waals surface area contributed by atoms with Gasteiger partial charge in [0.1, 0.15) is 0 Å². The molecule has 0 aromatic rings. The summed E-state index contributed by atoms with van der Waals surface area (Å²) in [5.41, 5.74) is 0. The Bertz CT molecular complexity index is 1050. The van der Waals surface area contributed by atoms with Crippen molar-refractivity contribution < 1.29 is 58.8 Å². The quantitative estimate of drug-likeness (QED) is 0.129. The van der Waals surface area contributed by atoms with Crippen LogP contribution >= 0.6 is 0 Å². The van der Waals surface area contributed by atoms with Gasteiger partial charge >= 0.3 is 0 Å². The van der Waals surface area contributed by atoms with Crippen molar-refractivity contribution in [3.8, 4) is 0 Å². The molecule has 0 saturated heterocycles. The van der Waals surface area contributed by atoms with Crippen molar-refractivity contribution in [3.05, 3.63) is 0 Å². The fourth-order valence-electron chi connectivity index (χ4n) is 0. The van der Waals surface area contributed by atoms with Crippen LogP contribution < -0.4 is 51.4 Å². The molecule has 0 aromatic heterocycles. The molecule has 0 aliphatic rings. The van der Waals surface area contributed by atoms with Crippen molar-refractivity contribution in [1.29, 1.82) is 0 Å². The lowest BCUT2D eigenvalue weighted by Crippen LogP contribution is -2.15. The second-order valence-corrected chi connectivity index (χ2v) is 14.4. The van der Waals surface area contributed by atoms with Crippen LogP contribution in [0.25, 0.3) is 0 Å². The van der Waals surface area contributed by atoms with Gasteiger partial charge < -0.3 is 37.2 Å². The van der Waals surface area contributed by atoms with E-state index in [9.17, 15) is 58.8 Å². The second kappa shape index (κ2) is 52.4. The Hall–Kier alpha value is -3.98. The van der Waals surface area contributed by atoms with Gasteiger partial charge in [0, 0.05) is 97.8 Å². The van der Waals surface area contributed by atoms with Gasteiger partial charge in [-0.3, -0.25) is 33.6 Å². The summed E-state index contributed by atoms with van der Waals surface area (Å²) in [4.78, 5) is 67.9. The van der Waals surface area contributed by atoms with Crippen molar-refractivity contribution >= 4 is 71.4 Å². The minimum Gasteiger partial charge on any atom is -0.359 e. The van der Waals surface area contributed by atoms with Crippen LogP contribution in [0, 0.1) is 0 Å². The summed E-state index contributed by atoms with van der Waals surface area (Å²) >= 11 is 0. The van der Waals surface area contributed by atoms with Gasteiger partial charge in [-0.2, -0.15) is 0 Å². The highest BCUT2D eigenvalue weighted by Gasteiger charge is 1.89. The molecule has 0 aromatic carbocycles. The molecular weight excluding hydrogens is 769 g/mol. The van der Waals surface area contributed by atoms with Gasteiger partial charge in [-0.25, -0.2) is 39.4 Å². The van der Waals surface area contributed by atoms with E-state index in [1.54, 1.807) is 49.3 Å². The van der Waals surface area contributed by atoms with E-state index in [2.05, 4.69) is 51.4 Å². The lowest BCUT2D eigenvalue weighted by molar-refractivity contribution is -0.119. The van der Waals surface area contributed by atoms with E-state index in [1.165, 1.54) is 69.6 Å². The van der Waals surface area contributed by atoms with Crippen LogP contribution in [0.2, 0.25) is 0 Å². The molecule has 7 amide bonds. The molecule has 0 atom stereocenters. The number of sulfonamides is 3. The Balaban J connectivity index is -0.0000000485. The smallest absolute Gasteiger partial charge is 0.216 e. The Morgan fingerprint density at radius 1 is 0.264 bits per heavy atom. The molecule has 0 rings (SSSR count). The summed E-state index contributed by atoms with van der Waals surface area (Å²) in [5.74, 6) is 0.0324. The van der Waals surface area contributed by atoms with Gasteiger partial charge in [0.15, 0.2) is 0 Å². The van der Waals surface area contributed by atoms with E-state index >= 15 is 0 Å². The molecule has 0 unspecified atom stereocenters. The molecule has 0 aliphatic heterocycles. The highest BCUT2D eigenvalue weighted by molar-refractivity contribution is 7.89. The first-order valence-electron chi connectivity index (χ1n) is 14.5. The van der Waals surface area contributed by atoms with Crippen molar-refractivity contribution in [2.24, 2.45) is 0 Å². The summed E-state index contributed by atoms with van der Waals surface area (Å²) in [6, 6.07) is 0. The van der Waals surface area contributed by atoms with Gasteiger partial charge in [0.2, 0.25) is 71.4 Å². The number of amides is 7.